The van der Waals surface area contributed by atoms with Crippen molar-refractivity contribution in [1.29, 1.82) is 0 Å². The second-order valence-electron chi connectivity index (χ2n) is 6.10. The molecule has 0 aliphatic carbocycles. The van der Waals surface area contributed by atoms with Gasteiger partial charge >= 0.3 is 0 Å². The van der Waals surface area contributed by atoms with E-state index in [2.05, 4.69) is 10.0 Å². The molecule has 0 saturated carbocycles. The molecule has 0 bridgehead atoms. The third-order valence-electron chi connectivity index (χ3n) is 2.88. The summed E-state index contributed by atoms with van der Waals surface area (Å²) in [6, 6.07) is 3.29. The molecule has 0 fully saturated rings. The molecule has 2 N–H and O–H groups in total. The quantitative estimate of drug-likeness (QED) is 0.877. The van der Waals surface area contributed by atoms with E-state index in [1.54, 1.807) is 13.0 Å². The maximum atomic E-state index is 12.4. The fourth-order valence-electron chi connectivity index (χ4n) is 1.75. The summed E-state index contributed by atoms with van der Waals surface area (Å²) >= 11 is 6.03. The van der Waals surface area contributed by atoms with Crippen molar-refractivity contribution in [3.8, 4) is 0 Å². The molecule has 20 heavy (non-hydrogen) atoms. The van der Waals surface area contributed by atoms with Crippen molar-refractivity contribution in [3.63, 3.8) is 0 Å². The van der Waals surface area contributed by atoms with Gasteiger partial charge < -0.3 is 5.32 Å². The standard InChI is InChI=1S/C14H23ClN2O2S/c1-10-11(8-16-5)6-12(15)7-13(10)20(18,19)17-9-14(2,3)4/h6-7,16-17H,8-9H2,1-5H3. The number of benzene rings is 1. The highest BCUT2D eigenvalue weighted by Gasteiger charge is 2.22. The molecule has 0 radical (unpaired) electrons. The number of halogens is 1. The monoisotopic (exact) mass is 318 g/mol. The van der Waals surface area contributed by atoms with Crippen LogP contribution in [0.5, 0.6) is 0 Å². The lowest BCUT2D eigenvalue weighted by molar-refractivity contribution is 0.407. The third-order valence-corrected chi connectivity index (χ3v) is 4.63. The Morgan fingerprint density at radius 1 is 1.25 bits per heavy atom. The van der Waals surface area contributed by atoms with Gasteiger partial charge in [-0.05, 0) is 42.6 Å². The Balaban J connectivity index is 3.18. The minimum absolute atomic E-state index is 0.118. The summed E-state index contributed by atoms with van der Waals surface area (Å²) in [4.78, 5) is 0.250. The van der Waals surface area contributed by atoms with Crippen LogP contribution in [0.3, 0.4) is 0 Å². The van der Waals surface area contributed by atoms with Crippen LogP contribution < -0.4 is 10.0 Å². The van der Waals surface area contributed by atoms with Crippen LogP contribution in [0.25, 0.3) is 0 Å². The topological polar surface area (TPSA) is 58.2 Å². The zero-order chi connectivity index (χ0) is 15.6. The highest BCUT2D eigenvalue weighted by molar-refractivity contribution is 7.89. The van der Waals surface area contributed by atoms with E-state index in [9.17, 15) is 8.42 Å². The van der Waals surface area contributed by atoms with Crippen molar-refractivity contribution in [1.82, 2.24) is 10.0 Å². The van der Waals surface area contributed by atoms with Crippen molar-refractivity contribution in [2.45, 2.75) is 39.1 Å². The van der Waals surface area contributed by atoms with Gasteiger partial charge in [0.05, 0.1) is 4.90 Å². The molecule has 0 saturated heterocycles. The maximum Gasteiger partial charge on any atom is 0.240 e. The van der Waals surface area contributed by atoms with Gasteiger partial charge in [0.25, 0.3) is 0 Å². The van der Waals surface area contributed by atoms with E-state index < -0.39 is 10.0 Å². The van der Waals surface area contributed by atoms with Gasteiger partial charge in [0.15, 0.2) is 0 Å². The first-order valence-electron chi connectivity index (χ1n) is 6.50. The lowest BCUT2D eigenvalue weighted by atomic mass is 9.98. The SMILES string of the molecule is CNCc1cc(Cl)cc(S(=O)(=O)NCC(C)(C)C)c1C. The zero-order valence-corrected chi connectivity index (χ0v) is 14.2. The molecule has 0 unspecified atom stereocenters. The highest BCUT2D eigenvalue weighted by Crippen LogP contribution is 2.25. The first-order valence-corrected chi connectivity index (χ1v) is 8.36. The summed E-state index contributed by atoms with van der Waals surface area (Å²) in [6.45, 7) is 8.69. The minimum Gasteiger partial charge on any atom is -0.316 e. The number of hydrogen-bond donors (Lipinski definition) is 2. The zero-order valence-electron chi connectivity index (χ0n) is 12.7. The molecule has 1 aromatic carbocycles. The van der Waals surface area contributed by atoms with Crippen LogP contribution in [0.15, 0.2) is 17.0 Å². The van der Waals surface area contributed by atoms with Crippen LogP contribution in [0, 0.1) is 12.3 Å². The van der Waals surface area contributed by atoms with Crippen LogP contribution in [-0.2, 0) is 16.6 Å². The molecule has 0 amide bonds. The molecule has 6 heteroatoms. The molecular formula is C14H23ClN2O2S. The first kappa shape index (κ1) is 17.4. The van der Waals surface area contributed by atoms with Crippen molar-refractivity contribution >= 4 is 21.6 Å². The first-order chi connectivity index (χ1) is 9.07. The van der Waals surface area contributed by atoms with Gasteiger partial charge in [-0.25, -0.2) is 13.1 Å². The number of sulfonamides is 1. The normalized spacial score (nSPS) is 12.7. The van der Waals surface area contributed by atoms with Gasteiger partial charge in [-0.1, -0.05) is 32.4 Å². The fourth-order valence-corrected chi connectivity index (χ4v) is 3.65. The number of rotatable bonds is 5. The summed E-state index contributed by atoms with van der Waals surface area (Å²) in [6.07, 6.45) is 0. The van der Waals surface area contributed by atoms with Gasteiger partial charge in [-0.3, -0.25) is 0 Å². The Morgan fingerprint density at radius 2 is 1.85 bits per heavy atom. The van der Waals surface area contributed by atoms with Gasteiger partial charge in [0.1, 0.15) is 0 Å². The van der Waals surface area contributed by atoms with Crippen LogP contribution >= 0.6 is 11.6 Å². The largest absolute Gasteiger partial charge is 0.316 e. The molecular weight excluding hydrogens is 296 g/mol. The number of hydrogen-bond acceptors (Lipinski definition) is 3. The molecule has 0 aromatic heterocycles. The highest BCUT2D eigenvalue weighted by atomic mass is 35.5. The minimum atomic E-state index is -3.55. The molecule has 0 spiro atoms. The van der Waals surface area contributed by atoms with Gasteiger partial charge in [-0.15, -0.1) is 0 Å². The average Bonchev–Trinajstić information content (AvgIpc) is 2.30. The summed E-state index contributed by atoms with van der Waals surface area (Å²) < 4.78 is 27.5. The van der Waals surface area contributed by atoms with Crippen LogP contribution in [0.1, 0.15) is 31.9 Å². The summed E-state index contributed by atoms with van der Waals surface area (Å²) in [5.74, 6) is 0. The molecule has 0 heterocycles. The van der Waals surface area contributed by atoms with E-state index in [-0.39, 0.29) is 10.3 Å². The molecule has 0 atom stereocenters. The maximum absolute atomic E-state index is 12.4. The van der Waals surface area contributed by atoms with Gasteiger partial charge in [0.2, 0.25) is 10.0 Å². The Kier molecular flexibility index (Phi) is 5.61. The van der Waals surface area contributed by atoms with E-state index >= 15 is 0 Å². The van der Waals surface area contributed by atoms with Crippen LogP contribution in [0.2, 0.25) is 5.02 Å². The lowest BCUT2D eigenvalue weighted by Gasteiger charge is -2.20. The van der Waals surface area contributed by atoms with E-state index in [1.165, 1.54) is 6.07 Å². The van der Waals surface area contributed by atoms with Crippen molar-refractivity contribution in [2.24, 2.45) is 5.41 Å². The summed E-state index contributed by atoms with van der Waals surface area (Å²) in [7, 11) is -1.74. The Morgan fingerprint density at radius 3 is 2.35 bits per heavy atom. The van der Waals surface area contributed by atoms with Crippen molar-refractivity contribution < 1.29 is 8.42 Å². The van der Waals surface area contributed by atoms with Gasteiger partial charge in [-0.2, -0.15) is 0 Å². The molecule has 1 rings (SSSR count). The second kappa shape index (κ2) is 6.43. The molecule has 114 valence electrons. The molecule has 1 aromatic rings. The Labute approximate surface area is 127 Å². The molecule has 4 nitrogen and oxygen atoms in total. The van der Waals surface area contributed by atoms with Gasteiger partial charge in [0, 0.05) is 18.1 Å². The van der Waals surface area contributed by atoms with E-state index in [0.29, 0.717) is 18.1 Å². The van der Waals surface area contributed by atoms with E-state index in [4.69, 9.17) is 11.6 Å². The Bertz CT molecular complexity index is 578. The average molecular weight is 319 g/mol. The molecule has 0 aliphatic rings. The lowest BCUT2D eigenvalue weighted by Crippen LogP contribution is -2.32. The predicted molar refractivity (Wildman–Crippen MR) is 83.6 cm³/mol. The van der Waals surface area contributed by atoms with Crippen LogP contribution in [0.4, 0.5) is 0 Å². The predicted octanol–water partition coefficient (Wildman–Crippen LogP) is 2.69. The molecule has 0 aliphatic heterocycles. The third kappa shape index (κ3) is 4.74. The second-order valence-corrected chi connectivity index (χ2v) is 8.28. The summed E-state index contributed by atoms with van der Waals surface area (Å²) in [5.41, 5.74) is 1.49. The number of nitrogens with one attached hydrogen (secondary N) is 2. The summed E-state index contributed by atoms with van der Waals surface area (Å²) in [5, 5.41) is 3.44. The Hall–Kier alpha value is -0.620. The smallest absolute Gasteiger partial charge is 0.240 e. The van der Waals surface area contributed by atoms with Crippen molar-refractivity contribution in [2.75, 3.05) is 13.6 Å². The van der Waals surface area contributed by atoms with E-state index in [0.717, 1.165) is 11.1 Å². The van der Waals surface area contributed by atoms with Crippen molar-refractivity contribution in [3.05, 3.63) is 28.3 Å². The van der Waals surface area contributed by atoms with E-state index in [1.807, 2.05) is 27.8 Å². The fraction of sp³-hybridized carbons (Fsp3) is 0.571. The van der Waals surface area contributed by atoms with Crippen LogP contribution in [-0.4, -0.2) is 22.0 Å².